The smallest absolute Gasteiger partial charge is 0.154 e. The Morgan fingerprint density at radius 2 is 2.20 bits per heavy atom. The van der Waals surface area contributed by atoms with E-state index >= 15 is 0 Å². The molecule has 2 aromatic heterocycles. The van der Waals surface area contributed by atoms with Crippen molar-refractivity contribution in [2.45, 2.75) is 6.10 Å². The Morgan fingerprint density at radius 3 is 2.67 bits per heavy atom. The van der Waals surface area contributed by atoms with E-state index in [1.165, 1.54) is 0 Å². The van der Waals surface area contributed by atoms with Gasteiger partial charge in [0.1, 0.15) is 5.82 Å². The summed E-state index contributed by atoms with van der Waals surface area (Å²) in [5, 5.41) is 14.2. The summed E-state index contributed by atoms with van der Waals surface area (Å²) in [6.45, 7) is 0. The molecular formula is C9H11BrN4O. The van der Waals surface area contributed by atoms with Crippen LogP contribution in [0, 0.1) is 0 Å². The second-order valence-electron chi connectivity index (χ2n) is 3.30. The normalized spacial score (nSPS) is 13.1. The molecule has 0 aliphatic carbocycles. The molecule has 15 heavy (non-hydrogen) atoms. The molecule has 0 fully saturated rings. The third kappa shape index (κ3) is 1.70. The van der Waals surface area contributed by atoms with Crippen LogP contribution in [-0.2, 0) is 14.1 Å². The van der Waals surface area contributed by atoms with Crippen molar-refractivity contribution >= 4 is 15.9 Å². The number of aliphatic hydroxyl groups excluding tert-OH is 1. The van der Waals surface area contributed by atoms with Crippen LogP contribution >= 0.6 is 15.9 Å². The zero-order chi connectivity index (χ0) is 11.0. The average molecular weight is 271 g/mol. The highest BCUT2D eigenvalue weighted by atomic mass is 79.9. The van der Waals surface area contributed by atoms with Crippen molar-refractivity contribution in [1.82, 2.24) is 19.3 Å². The van der Waals surface area contributed by atoms with Crippen molar-refractivity contribution in [3.63, 3.8) is 0 Å². The van der Waals surface area contributed by atoms with Gasteiger partial charge in [-0.25, -0.2) is 4.98 Å². The van der Waals surface area contributed by atoms with E-state index in [0.29, 0.717) is 11.5 Å². The molecular weight excluding hydrogens is 260 g/mol. The molecule has 2 rings (SSSR count). The number of nitrogens with zero attached hydrogens (tertiary/aromatic N) is 4. The molecule has 2 heterocycles. The largest absolute Gasteiger partial charge is 0.379 e. The number of hydrogen-bond acceptors (Lipinski definition) is 3. The number of aliphatic hydroxyl groups is 1. The maximum absolute atomic E-state index is 10.1. The van der Waals surface area contributed by atoms with E-state index in [1.54, 1.807) is 34.9 Å². The molecule has 1 N–H and O–H groups in total. The van der Waals surface area contributed by atoms with Gasteiger partial charge in [-0.05, 0) is 15.9 Å². The minimum Gasteiger partial charge on any atom is -0.379 e. The Hall–Kier alpha value is -1.14. The first kappa shape index (κ1) is 10.4. The number of aryl methyl sites for hydroxylation is 2. The Bertz CT molecular complexity index is 457. The maximum atomic E-state index is 10.1. The van der Waals surface area contributed by atoms with Crippen molar-refractivity contribution in [2.75, 3.05) is 0 Å². The number of halogens is 1. The van der Waals surface area contributed by atoms with Crippen LogP contribution in [0.1, 0.15) is 17.6 Å². The Kier molecular flexibility index (Phi) is 2.62. The van der Waals surface area contributed by atoms with Crippen molar-refractivity contribution in [3.05, 3.63) is 34.6 Å². The van der Waals surface area contributed by atoms with E-state index in [0.717, 1.165) is 4.47 Å². The van der Waals surface area contributed by atoms with E-state index < -0.39 is 6.10 Å². The van der Waals surface area contributed by atoms with Crippen molar-refractivity contribution in [2.24, 2.45) is 14.1 Å². The zero-order valence-electron chi connectivity index (χ0n) is 8.42. The molecule has 6 heteroatoms. The lowest BCUT2D eigenvalue weighted by Gasteiger charge is -2.11. The van der Waals surface area contributed by atoms with Gasteiger partial charge >= 0.3 is 0 Å². The third-order valence-electron chi connectivity index (χ3n) is 2.30. The molecule has 1 atom stereocenters. The van der Waals surface area contributed by atoms with Gasteiger partial charge in [-0.15, -0.1) is 0 Å². The first-order valence-electron chi connectivity index (χ1n) is 4.44. The van der Waals surface area contributed by atoms with Crippen LogP contribution in [0.25, 0.3) is 0 Å². The average Bonchev–Trinajstić information content (AvgIpc) is 2.73. The van der Waals surface area contributed by atoms with Crippen molar-refractivity contribution < 1.29 is 5.11 Å². The van der Waals surface area contributed by atoms with Crippen LogP contribution in [-0.4, -0.2) is 24.4 Å². The summed E-state index contributed by atoms with van der Waals surface area (Å²) in [5.74, 6) is 0.597. The molecule has 0 radical (unpaired) electrons. The Morgan fingerprint density at radius 1 is 1.47 bits per heavy atom. The molecule has 0 spiro atoms. The van der Waals surface area contributed by atoms with Gasteiger partial charge in [-0.1, -0.05) is 0 Å². The SMILES string of the molecule is Cn1ccnc1C(O)c1c(Br)cnn1C. The van der Waals surface area contributed by atoms with Gasteiger partial charge in [0, 0.05) is 26.5 Å². The van der Waals surface area contributed by atoms with Crippen molar-refractivity contribution in [1.29, 1.82) is 0 Å². The molecule has 5 nitrogen and oxygen atoms in total. The van der Waals surface area contributed by atoms with E-state index in [9.17, 15) is 5.11 Å². The second-order valence-corrected chi connectivity index (χ2v) is 4.15. The second kappa shape index (κ2) is 3.79. The fourth-order valence-corrected chi connectivity index (χ4v) is 2.06. The molecule has 2 aromatic rings. The van der Waals surface area contributed by atoms with E-state index in [1.807, 2.05) is 7.05 Å². The summed E-state index contributed by atoms with van der Waals surface area (Å²) in [6.07, 6.45) is 4.33. The molecule has 0 saturated carbocycles. The summed E-state index contributed by atoms with van der Waals surface area (Å²) in [4.78, 5) is 4.10. The van der Waals surface area contributed by atoms with E-state index in [2.05, 4.69) is 26.0 Å². The summed E-state index contributed by atoms with van der Waals surface area (Å²) in [7, 11) is 3.63. The van der Waals surface area contributed by atoms with Gasteiger partial charge < -0.3 is 9.67 Å². The molecule has 0 aliphatic rings. The quantitative estimate of drug-likeness (QED) is 0.886. The lowest BCUT2D eigenvalue weighted by atomic mass is 10.2. The van der Waals surface area contributed by atoms with Crippen LogP contribution in [0.15, 0.2) is 23.1 Å². The highest BCUT2D eigenvalue weighted by Gasteiger charge is 2.21. The fraction of sp³-hybridized carbons (Fsp3) is 0.333. The van der Waals surface area contributed by atoms with Gasteiger partial charge in [0.15, 0.2) is 6.10 Å². The van der Waals surface area contributed by atoms with Crippen LogP contribution in [0.4, 0.5) is 0 Å². The fourth-order valence-electron chi connectivity index (χ4n) is 1.49. The highest BCUT2D eigenvalue weighted by Crippen LogP contribution is 2.26. The summed E-state index contributed by atoms with van der Waals surface area (Å²) in [6, 6.07) is 0. The number of rotatable bonds is 2. The standard InChI is InChI=1S/C9H11BrN4O/c1-13-4-3-11-9(13)8(15)7-6(10)5-12-14(7)2/h3-5,8,15H,1-2H3. The minimum atomic E-state index is -0.771. The first-order valence-corrected chi connectivity index (χ1v) is 5.23. The highest BCUT2D eigenvalue weighted by molar-refractivity contribution is 9.10. The molecule has 0 aliphatic heterocycles. The molecule has 0 bridgehead atoms. The number of imidazole rings is 1. The molecule has 80 valence electrons. The number of hydrogen-bond donors (Lipinski definition) is 1. The van der Waals surface area contributed by atoms with Gasteiger partial charge in [0.25, 0.3) is 0 Å². The lowest BCUT2D eigenvalue weighted by molar-refractivity contribution is 0.195. The molecule has 1 unspecified atom stereocenters. The summed E-state index contributed by atoms with van der Waals surface area (Å²) in [5.41, 5.74) is 0.698. The maximum Gasteiger partial charge on any atom is 0.154 e. The predicted molar refractivity (Wildman–Crippen MR) is 58.2 cm³/mol. The zero-order valence-corrected chi connectivity index (χ0v) is 10.0. The van der Waals surface area contributed by atoms with Crippen molar-refractivity contribution in [3.8, 4) is 0 Å². The lowest BCUT2D eigenvalue weighted by Crippen LogP contribution is -2.11. The van der Waals surface area contributed by atoms with Crippen LogP contribution in [0.2, 0.25) is 0 Å². The topological polar surface area (TPSA) is 55.9 Å². The number of aromatic nitrogens is 4. The van der Waals surface area contributed by atoms with E-state index in [4.69, 9.17) is 0 Å². The van der Waals surface area contributed by atoms with E-state index in [-0.39, 0.29) is 0 Å². The van der Waals surface area contributed by atoms with Crippen LogP contribution in [0.3, 0.4) is 0 Å². The van der Waals surface area contributed by atoms with Gasteiger partial charge in [0.2, 0.25) is 0 Å². The van der Waals surface area contributed by atoms with Gasteiger partial charge in [-0.2, -0.15) is 5.10 Å². The summed E-state index contributed by atoms with van der Waals surface area (Å²) < 4.78 is 4.19. The van der Waals surface area contributed by atoms with Gasteiger partial charge in [-0.3, -0.25) is 4.68 Å². The Balaban J connectivity index is 2.45. The monoisotopic (exact) mass is 270 g/mol. The predicted octanol–water partition coefficient (Wildman–Crippen LogP) is 0.998. The molecule has 0 saturated heterocycles. The van der Waals surface area contributed by atoms with Crippen LogP contribution < -0.4 is 0 Å². The minimum absolute atomic E-state index is 0.597. The van der Waals surface area contributed by atoms with Gasteiger partial charge in [0.05, 0.1) is 16.4 Å². The third-order valence-corrected chi connectivity index (χ3v) is 2.91. The summed E-state index contributed by atoms with van der Waals surface area (Å²) >= 11 is 3.35. The molecule has 0 aromatic carbocycles. The first-order chi connectivity index (χ1) is 7.11. The Labute approximate surface area is 95.5 Å². The molecule has 0 amide bonds. The van der Waals surface area contributed by atoms with Crippen LogP contribution in [0.5, 0.6) is 0 Å².